The Balaban J connectivity index is 1.33. The van der Waals surface area contributed by atoms with Crippen LogP contribution in [0.15, 0.2) is 0 Å². The standard InChI is InChI=1S/C19H33ClN4O2/c1-24-18(25)10-9-17(23-24)22-19(26)21-16-7-5-13(6-8-16)11-14-3-2-4-15(20)12-14/h13-17,23H,2-12H2,1H3,(H2,21,22,26). The van der Waals surface area contributed by atoms with E-state index in [9.17, 15) is 9.59 Å². The Kier molecular flexibility index (Phi) is 7.04. The monoisotopic (exact) mass is 384 g/mol. The molecular formula is C19H33ClN4O2. The Hall–Kier alpha value is -1.01. The van der Waals surface area contributed by atoms with Gasteiger partial charge in [0.05, 0.1) is 6.17 Å². The smallest absolute Gasteiger partial charge is 0.316 e. The number of hydrazine groups is 1. The van der Waals surface area contributed by atoms with Crippen LogP contribution in [-0.4, -0.2) is 41.6 Å². The van der Waals surface area contributed by atoms with E-state index >= 15 is 0 Å². The van der Waals surface area contributed by atoms with Crippen LogP contribution in [0, 0.1) is 11.8 Å². The van der Waals surface area contributed by atoms with Crippen molar-refractivity contribution in [2.24, 2.45) is 11.8 Å². The summed E-state index contributed by atoms with van der Waals surface area (Å²) < 4.78 is 0. The molecule has 3 N–H and O–H groups in total. The first-order valence-corrected chi connectivity index (χ1v) is 10.7. The highest BCUT2D eigenvalue weighted by atomic mass is 35.5. The van der Waals surface area contributed by atoms with Gasteiger partial charge in [0.25, 0.3) is 0 Å². The van der Waals surface area contributed by atoms with Gasteiger partial charge in [0.15, 0.2) is 0 Å². The lowest BCUT2D eigenvalue weighted by atomic mass is 9.76. The van der Waals surface area contributed by atoms with E-state index in [0.29, 0.717) is 18.2 Å². The number of nitrogens with one attached hydrogen (secondary N) is 3. The van der Waals surface area contributed by atoms with E-state index in [4.69, 9.17) is 11.6 Å². The fourth-order valence-corrected chi connectivity index (χ4v) is 5.16. The van der Waals surface area contributed by atoms with Crippen molar-refractivity contribution < 1.29 is 9.59 Å². The van der Waals surface area contributed by atoms with Gasteiger partial charge in [-0.25, -0.2) is 10.2 Å². The van der Waals surface area contributed by atoms with Crippen LogP contribution in [0.25, 0.3) is 0 Å². The molecule has 0 spiro atoms. The number of carbonyl (C=O) groups is 2. The van der Waals surface area contributed by atoms with Crippen LogP contribution in [0.2, 0.25) is 0 Å². The normalized spacial score (nSPS) is 35.8. The molecule has 1 heterocycles. The zero-order chi connectivity index (χ0) is 18.5. The van der Waals surface area contributed by atoms with Gasteiger partial charge in [-0.3, -0.25) is 9.80 Å². The average Bonchev–Trinajstić information content (AvgIpc) is 2.60. The lowest BCUT2D eigenvalue weighted by molar-refractivity contribution is -0.136. The second-order valence-corrected chi connectivity index (χ2v) is 8.99. The molecule has 0 radical (unpaired) electrons. The Morgan fingerprint density at radius 2 is 1.88 bits per heavy atom. The summed E-state index contributed by atoms with van der Waals surface area (Å²) in [6.45, 7) is 0. The van der Waals surface area contributed by atoms with E-state index in [2.05, 4.69) is 16.1 Å². The Bertz CT molecular complexity index is 496. The molecule has 3 unspecified atom stereocenters. The van der Waals surface area contributed by atoms with Crippen molar-refractivity contribution in [3.05, 3.63) is 0 Å². The highest BCUT2D eigenvalue weighted by Gasteiger charge is 2.28. The summed E-state index contributed by atoms with van der Waals surface area (Å²) in [5, 5.41) is 7.88. The fraction of sp³-hybridized carbons (Fsp3) is 0.895. The molecule has 0 aromatic carbocycles. The molecule has 3 amide bonds. The molecule has 1 aliphatic heterocycles. The third kappa shape index (κ3) is 5.74. The molecule has 148 valence electrons. The minimum Gasteiger partial charge on any atom is -0.335 e. The fourth-order valence-electron chi connectivity index (χ4n) is 4.75. The summed E-state index contributed by atoms with van der Waals surface area (Å²) >= 11 is 6.33. The summed E-state index contributed by atoms with van der Waals surface area (Å²) in [6.07, 6.45) is 11.8. The molecule has 3 aliphatic rings. The average molecular weight is 385 g/mol. The molecule has 0 bridgehead atoms. The van der Waals surface area contributed by atoms with E-state index in [1.165, 1.54) is 50.0 Å². The molecule has 3 fully saturated rings. The van der Waals surface area contributed by atoms with Crippen molar-refractivity contribution in [1.29, 1.82) is 0 Å². The van der Waals surface area contributed by atoms with Gasteiger partial charge in [-0.1, -0.05) is 12.8 Å². The molecule has 26 heavy (non-hydrogen) atoms. The van der Waals surface area contributed by atoms with E-state index in [1.807, 2.05) is 0 Å². The van der Waals surface area contributed by atoms with Crippen LogP contribution < -0.4 is 16.1 Å². The van der Waals surface area contributed by atoms with Crippen molar-refractivity contribution in [3.8, 4) is 0 Å². The second kappa shape index (κ2) is 9.27. The molecular weight excluding hydrogens is 352 g/mol. The number of hydrogen-bond donors (Lipinski definition) is 3. The first-order valence-electron chi connectivity index (χ1n) is 10.2. The van der Waals surface area contributed by atoms with Gasteiger partial charge in [0, 0.05) is 24.9 Å². The van der Waals surface area contributed by atoms with Crippen LogP contribution in [0.5, 0.6) is 0 Å². The van der Waals surface area contributed by atoms with Crippen LogP contribution in [-0.2, 0) is 4.79 Å². The lowest BCUT2D eigenvalue weighted by Gasteiger charge is -2.34. The SMILES string of the molecule is CN1NC(NC(=O)NC2CCC(CC3CCCC(Cl)C3)CC2)CCC1=O. The Morgan fingerprint density at radius 1 is 1.12 bits per heavy atom. The third-order valence-corrected chi connectivity index (χ3v) is 6.64. The lowest BCUT2D eigenvalue weighted by Crippen LogP contribution is -2.59. The Morgan fingerprint density at radius 3 is 2.58 bits per heavy atom. The molecule has 2 aliphatic carbocycles. The number of nitrogens with zero attached hydrogens (tertiary/aromatic N) is 1. The maximum absolute atomic E-state index is 12.2. The van der Waals surface area contributed by atoms with Crippen molar-refractivity contribution >= 4 is 23.5 Å². The predicted octanol–water partition coefficient (Wildman–Crippen LogP) is 3.12. The summed E-state index contributed by atoms with van der Waals surface area (Å²) in [5.74, 6) is 1.66. The van der Waals surface area contributed by atoms with Crippen molar-refractivity contribution in [2.75, 3.05) is 7.05 Å². The molecule has 0 aromatic rings. The number of halogens is 1. The van der Waals surface area contributed by atoms with Crippen molar-refractivity contribution in [2.45, 2.75) is 88.2 Å². The van der Waals surface area contributed by atoms with Gasteiger partial charge in [-0.15, -0.1) is 11.6 Å². The van der Waals surface area contributed by atoms with Crippen LogP contribution >= 0.6 is 11.6 Å². The number of rotatable bonds is 4. The van der Waals surface area contributed by atoms with Gasteiger partial charge in [-0.05, 0) is 63.2 Å². The highest BCUT2D eigenvalue weighted by molar-refractivity contribution is 6.20. The van der Waals surface area contributed by atoms with Gasteiger partial charge in [-0.2, -0.15) is 0 Å². The number of carbonyl (C=O) groups excluding carboxylic acids is 2. The minimum atomic E-state index is -0.177. The summed E-state index contributed by atoms with van der Waals surface area (Å²) in [5.41, 5.74) is 2.99. The summed E-state index contributed by atoms with van der Waals surface area (Å²) in [4.78, 5) is 23.7. The number of hydrogen-bond acceptors (Lipinski definition) is 3. The van der Waals surface area contributed by atoms with Gasteiger partial charge >= 0.3 is 6.03 Å². The number of amides is 3. The van der Waals surface area contributed by atoms with Gasteiger partial charge in [0.2, 0.25) is 5.91 Å². The third-order valence-electron chi connectivity index (χ3n) is 6.24. The zero-order valence-corrected chi connectivity index (χ0v) is 16.6. The second-order valence-electron chi connectivity index (χ2n) is 8.37. The van der Waals surface area contributed by atoms with E-state index in [1.54, 1.807) is 7.05 Å². The molecule has 1 saturated heterocycles. The van der Waals surface area contributed by atoms with E-state index in [0.717, 1.165) is 24.7 Å². The molecule has 6 nitrogen and oxygen atoms in total. The molecule has 2 saturated carbocycles. The van der Waals surface area contributed by atoms with E-state index in [-0.39, 0.29) is 24.1 Å². The van der Waals surface area contributed by atoms with Crippen LogP contribution in [0.3, 0.4) is 0 Å². The van der Waals surface area contributed by atoms with E-state index < -0.39 is 0 Å². The quantitative estimate of drug-likeness (QED) is 0.652. The highest BCUT2D eigenvalue weighted by Crippen LogP contribution is 2.36. The predicted molar refractivity (Wildman–Crippen MR) is 103 cm³/mol. The molecule has 3 atom stereocenters. The van der Waals surface area contributed by atoms with Gasteiger partial charge in [0.1, 0.15) is 0 Å². The summed E-state index contributed by atoms with van der Waals surface area (Å²) in [6, 6.07) is 0.132. The van der Waals surface area contributed by atoms with Crippen LogP contribution in [0.1, 0.15) is 70.6 Å². The van der Waals surface area contributed by atoms with Gasteiger partial charge < -0.3 is 10.6 Å². The first kappa shape index (κ1) is 19.7. The molecule has 7 heteroatoms. The molecule has 0 aromatic heterocycles. The largest absolute Gasteiger partial charge is 0.335 e. The van der Waals surface area contributed by atoms with Crippen molar-refractivity contribution in [1.82, 2.24) is 21.1 Å². The number of alkyl halides is 1. The van der Waals surface area contributed by atoms with Crippen molar-refractivity contribution in [3.63, 3.8) is 0 Å². The topological polar surface area (TPSA) is 73.5 Å². The summed E-state index contributed by atoms with van der Waals surface area (Å²) in [7, 11) is 1.69. The minimum absolute atomic E-state index is 0.0558. The maximum atomic E-state index is 12.2. The number of urea groups is 1. The van der Waals surface area contributed by atoms with Crippen LogP contribution in [0.4, 0.5) is 4.79 Å². The Labute approximate surface area is 161 Å². The molecule has 3 rings (SSSR count). The zero-order valence-electron chi connectivity index (χ0n) is 15.8. The first-order chi connectivity index (χ1) is 12.5. The maximum Gasteiger partial charge on any atom is 0.316 e.